The second-order valence-corrected chi connectivity index (χ2v) is 12.0. The summed E-state index contributed by atoms with van der Waals surface area (Å²) in [6, 6.07) is 12.7. The second kappa shape index (κ2) is 10.9. The number of pyridine rings is 1. The molecule has 0 aliphatic carbocycles. The summed E-state index contributed by atoms with van der Waals surface area (Å²) in [6.07, 6.45) is 0.166. The molecule has 11 heteroatoms. The van der Waals surface area contributed by atoms with E-state index in [-0.39, 0.29) is 29.0 Å². The first-order chi connectivity index (χ1) is 20.4. The number of carbonyl (C=O) groups excluding carboxylic acids is 2. The maximum atomic E-state index is 13.6. The molecule has 5 heterocycles. The number of aryl methyl sites for hydroxylation is 1. The maximum Gasteiger partial charge on any atom is 0.417 e. The molecule has 0 saturated carbocycles. The van der Waals surface area contributed by atoms with E-state index in [1.807, 2.05) is 17.2 Å². The van der Waals surface area contributed by atoms with Gasteiger partial charge in [-0.3, -0.25) is 14.5 Å². The molecule has 2 saturated heterocycles. The predicted octanol–water partition coefficient (Wildman–Crippen LogP) is 4.75. The summed E-state index contributed by atoms with van der Waals surface area (Å²) in [5.74, 6) is 0.429. The molecule has 0 N–H and O–H groups in total. The Morgan fingerprint density at radius 1 is 1.07 bits per heavy atom. The van der Waals surface area contributed by atoms with E-state index < -0.39 is 11.7 Å². The lowest BCUT2D eigenvalue weighted by Crippen LogP contribution is -2.37. The number of nitrogens with zero attached hydrogens (tertiary/aromatic N) is 6. The molecule has 2 aromatic heterocycles. The molecule has 3 aromatic rings. The van der Waals surface area contributed by atoms with Crippen LogP contribution in [0.2, 0.25) is 0 Å². The Bertz CT molecular complexity index is 1570. The van der Waals surface area contributed by atoms with Crippen LogP contribution in [0.15, 0.2) is 60.4 Å². The third-order valence-corrected chi connectivity index (χ3v) is 9.30. The fraction of sp³-hybridized carbons (Fsp3) is 0.438. The molecule has 0 radical (unpaired) electrons. The van der Waals surface area contributed by atoms with Gasteiger partial charge in [-0.05, 0) is 56.5 Å². The summed E-state index contributed by atoms with van der Waals surface area (Å²) in [5, 5.41) is 4.43. The van der Waals surface area contributed by atoms with E-state index in [1.54, 1.807) is 25.7 Å². The van der Waals surface area contributed by atoms with Gasteiger partial charge in [0.05, 0.1) is 22.5 Å². The minimum atomic E-state index is -4.48. The number of rotatable bonds is 6. The van der Waals surface area contributed by atoms with Crippen LogP contribution in [0.1, 0.15) is 52.6 Å². The van der Waals surface area contributed by atoms with E-state index in [0.717, 1.165) is 57.8 Å². The highest BCUT2D eigenvalue weighted by atomic mass is 19.4. The van der Waals surface area contributed by atoms with Crippen molar-refractivity contribution in [2.24, 2.45) is 5.92 Å². The van der Waals surface area contributed by atoms with Gasteiger partial charge in [0, 0.05) is 63.4 Å². The summed E-state index contributed by atoms with van der Waals surface area (Å²) in [7, 11) is 0. The van der Waals surface area contributed by atoms with Gasteiger partial charge < -0.3 is 9.80 Å². The third kappa shape index (κ3) is 5.46. The molecule has 6 rings (SSSR count). The first-order valence-corrected chi connectivity index (χ1v) is 14.6. The van der Waals surface area contributed by atoms with E-state index in [1.165, 1.54) is 21.9 Å². The van der Waals surface area contributed by atoms with E-state index in [9.17, 15) is 22.8 Å². The van der Waals surface area contributed by atoms with Crippen LogP contribution in [0.4, 0.5) is 13.2 Å². The number of halogens is 3. The zero-order valence-electron chi connectivity index (χ0n) is 24.6. The van der Waals surface area contributed by atoms with Crippen molar-refractivity contribution in [1.29, 1.82) is 0 Å². The van der Waals surface area contributed by atoms with Crippen molar-refractivity contribution in [1.82, 2.24) is 29.5 Å². The molecule has 43 heavy (non-hydrogen) atoms. The van der Waals surface area contributed by atoms with E-state index >= 15 is 0 Å². The molecule has 2 amide bonds. The molecule has 0 spiro atoms. The highest BCUT2D eigenvalue weighted by molar-refractivity contribution is 5.97. The van der Waals surface area contributed by atoms with Crippen LogP contribution in [0.3, 0.4) is 0 Å². The zero-order valence-corrected chi connectivity index (χ0v) is 24.6. The Labute approximate surface area is 248 Å². The summed E-state index contributed by atoms with van der Waals surface area (Å²) in [6.45, 7) is 9.77. The minimum Gasteiger partial charge on any atom is -0.342 e. The molecular formula is C32H35F3N6O2. The predicted molar refractivity (Wildman–Crippen MR) is 154 cm³/mol. The second-order valence-electron chi connectivity index (χ2n) is 12.0. The summed E-state index contributed by atoms with van der Waals surface area (Å²) < 4.78 is 40.4. The smallest absolute Gasteiger partial charge is 0.342 e. The molecule has 3 aliphatic heterocycles. The molecular weight excluding hydrogens is 557 g/mol. The van der Waals surface area contributed by atoms with Gasteiger partial charge in [0.1, 0.15) is 0 Å². The minimum absolute atomic E-state index is 0.0574. The number of carbonyl (C=O) groups is 2. The van der Waals surface area contributed by atoms with E-state index in [4.69, 9.17) is 0 Å². The van der Waals surface area contributed by atoms with Crippen molar-refractivity contribution in [3.05, 3.63) is 88.5 Å². The molecule has 8 nitrogen and oxygen atoms in total. The van der Waals surface area contributed by atoms with Crippen molar-refractivity contribution < 1.29 is 22.8 Å². The van der Waals surface area contributed by atoms with Gasteiger partial charge in [-0.2, -0.15) is 18.3 Å². The lowest BCUT2D eigenvalue weighted by Gasteiger charge is -2.32. The van der Waals surface area contributed by atoms with Crippen LogP contribution in [0.25, 0.3) is 5.82 Å². The average Bonchev–Trinajstić information content (AvgIpc) is 3.74. The number of alkyl halides is 3. The lowest BCUT2D eigenvalue weighted by atomic mass is 9.76. The molecule has 0 bridgehead atoms. The fourth-order valence-electron chi connectivity index (χ4n) is 6.89. The number of fused-ring (bicyclic) bond motifs is 1. The fourth-order valence-corrected chi connectivity index (χ4v) is 6.89. The van der Waals surface area contributed by atoms with Gasteiger partial charge in [-0.25, -0.2) is 9.67 Å². The third-order valence-electron chi connectivity index (χ3n) is 9.30. The molecule has 1 aromatic carbocycles. The standard InChI is InChI=1S/C32H35F3N6O2/c1-21-29(22(2)41(37-21)28-10-9-27(15-36-28)32(33,34)35)30(43)40-18-24-16-38(17-25(24)19-40)13-11-31(26-7-5-4-6-8-26)12-14-39(20-31)23(3)42/h4-10,15,18,25H,11-14,16-17,19-20H2,1-3H3. The topological polar surface area (TPSA) is 74.6 Å². The van der Waals surface area contributed by atoms with Crippen LogP contribution in [0.5, 0.6) is 0 Å². The van der Waals surface area contributed by atoms with Crippen LogP contribution < -0.4 is 0 Å². The summed E-state index contributed by atoms with van der Waals surface area (Å²) in [4.78, 5) is 35.9. The average molecular weight is 593 g/mol. The number of aromatic nitrogens is 3. The number of benzene rings is 1. The maximum absolute atomic E-state index is 13.6. The van der Waals surface area contributed by atoms with Crippen LogP contribution in [0, 0.1) is 19.8 Å². The molecule has 2 fully saturated rings. The van der Waals surface area contributed by atoms with Crippen molar-refractivity contribution in [3.63, 3.8) is 0 Å². The Balaban J connectivity index is 1.13. The highest BCUT2D eigenvalue weighted by Gasteiger charge is 2.42. The normalized spacial score (nSPS) is 22.3. The Morgan fingerprint density at radius 3 is 2.47 bits per heavy atom. The molecule has 3 aliphatic rings. The van der Waals surface area contributed by atoms with Crippen molar-refractivity contribution >= 4 is 11.8 Å². The number of hydrogen-bond donors (Lipinski definition) is 0. The first kappa shape index (κ1) is 29.1. The summed E-state index contributed by atoms with van der Waals surface area (Å²) >= 11 is 0. The lowest BCUT2D eigenvalue weighted by molar-refractivity contribution is -0.137. The Hall–Kier alpha value is -3.99. The number of likely N-dealkylation sites (tertiary alicyclic amines) is 2. The van der Waals surface area contributed by atoms with E-state index in [2.05, 4.69) is 39.2 Å². The van der Waals surface area contributed by atoms with Crippen LogP contribution in [-0.4, -0.2) is 80.5 Å². The monoisotopic (exact) mass is 592 g/mol. The van der Waals surface area contributed by atoms with Crippen LogP contribution in [-0.2, 0) is 16.4 Å². The van der Waals surface area contributed by atoms with Gasteiger partial charge in [0.15, 0.2) is 5.82 Å². The largest absolute Gasteiger partial charge is 0.417 e. The van der Waals surface area contributed by atoms with Gasteiger partial charge in [0.25, 0.3) is 5.91 Å². The van der Waals surface area contributed by atoms with Gasteiger partial charge >= 0.3 is 6.18 Å². The number of hydrogen-bond acceptors (Lipinski definition) is 5. The molecule has 2 atom stereocenters. The summed E-state index contributed by atoms with van der Waals surface area (Å²) in [5.41, 5.74) is 3.10. The first-order valence-electron chi connectivity index (χ1n) is 14.6. The molecule has 226 valence electrons. The SMILES string of the molecule is CC(=O)N1CCC(CCN2CC3=CN(C(=O)c4c(C)nn(-c5ccc(C(F)(F)F)cn5)c4C)CC3C2)(c2ccccc2)C1. The van der Waals surface area contributed by atoms with Gasteiger partial charge in [-0.15, -0.1) is 0 Å². The number of amides is 2. The van der Waals surface area contributed by atoms with Crippen LogP contribution >= 0.6 is 0 Å². The Kier molecular flexibility index (Phi) is 7.40. The highest BCUT2D eigenvalue weighted by Crippen LogP contribution is 2.39. The van der Waals surface area contributed by atoms with Crippen molar-refractivity contribution in [2.45, 2.75) is 45.2 Å². The van der Waals surface area contributed by atoms with E-state index in [0.29, 0.717) is 23.5 Å². The van der Waals surface area contributed by atoms with Gasteiger partial charge in [-0.1, -0.05) is 30.3 Å². The van der Waals surface area contributed by atoms with Gasteiger partial charge in [0.2, 0.25) is 5.91 Å². The Morgan fingerprint density at radius 2 is 1.84 bits per heavy atom. The quantitative estimate of drug-likeness (QED) is 0.413. The van der Waals surface area contributed by atoms with Crippen molar-refractivity contribution in [2.75, 3.05) is 39.3 Å². The molecule has 2 unspecified atom stereocenters. The zero-order chi connectivity index (χ0) is 30.5. The van der Waals surface area contributed by atoms with Crippen molar-refractivity contribution in [3.8, 4) is 5.82 Å².